The Labute approximate surface area is 191 Å². The molecule has 2 saturated heterocycles. The number of benzene rings is 2. The number of carbonyl (C=O) groups excluding carboxylic acids is 2. The molecule has 0 radical (unpaired) electrons. The molecule has 3 amide bonds. The van der Waals surface area contributed by atoms with Crippen LogP contribution in [0, 0.1) is 13.8 Å². The zero-order chi connectivity index (χ0) is 22.7. The van der Waals surface area contributed by atoms with E-state index in [1.807, 2.05) is 28.0 Å². The number of hydrogen-bond donors (Lipinski definition) is 1. The fourth-order valence-corrected chi connectivity index (χ4v) is 4.91. The summed E-state index contributed by atoms with van der Waals surface area (Å²) in [6.45, 7) is 8.91. The minimum Gasteiger partial charge on any atom is -0.368 e. The Morgan fingerprint density at radius 2 is 1.72 bits per heavy atom. The van der Waals surface area contributed by atoms with E-state index in [4.69, 9.17) is 0 Å². The second-order valence-corrected chi connectivity index (χ2v) is 9.03. The van der Waals surface area contributed by atoms with Gasteiger partial charge in [-0.3, -0.25) is 4.79 Å². The number of anilines is 1. The van der Waals surface area contributed by atoms with Crippen LogP contribution in [0.3, 0.4) is 0 Å². The van der Waals surface area contributed by atoms with Gasteiger partial charge in [-0.1, -0.05) is 24.3 Å². The number of hydrogen-bond acceptors (Lipinski definition) is 3. The third kappa shape index (κ3) is 4.74. The van der Waals surface area contributed by atoms with Gasteiger partial charge in [-0.25, -0.2) is 4.79 Å². The van der Waals surface area contributed by atoms with Gasteiger partial charge in [0.05, 0.1) is 0 Å². The molecule has 6 heteroatoms. The van der Waals surface area contributed by atoms with Crippen molar-refractivity contribution in [2.75, 3.05) is 51.2 Å². The summed E-state index contributed by atoms with van der Waals surface area (Å²) in [7, 11) is 1.67. The number of amides is 3. The molecule has 2 aliphatic rings. The van der Waals surface area contributed by atoms with Gasteiger partial charge in [-0.15, -0.1) is 0 Å². The van der Waals surface area contributed by atoms with Gasteiger partial charge in [0.15, 0.2) is 0 Å². The van der Waals surface area contributed by atoms with Gasteiger partial charge in [-0.05, 0) is 61.6 Å². The Hall–Kier alpha value is -3.02. The molecule has 0 spiro atoms. The molecule has 2 aromatic carbocycles. The maximum atomic E-state index is 13.3. The van der Waals surface area contributed by atoms with Crippen LogP contribution in [-0.4, -0.2) is 68.1 Å². The number of aryl methyl sites for hydroxylation is 2. The molecule has 4 rings (SSSR count). The first-order valence-corrected chi connectivity index (χ1v) is 11.6. The SMILES string of the molecule is CNC(=O)N1CCCC(c2cccc(C(=O)N3CCN(c4cc(C)ccc4C)CC3)c2)C1. The normalized spacial score (nSPS) is 19.1. The summed E-state index contributed by atoms with van der Waals surface area (Å²) in [6, 6.07) is 14.6. The van der Waals surface area contributed by atoms with Crippen molar-refractivity contribution in [1.29, 1.82) is 0 Å². The molecule has 1 N–H and O–H groups in total. The highest BCUT2D eigenvalue weighted by molar-refractivity contribution is 5.94. The molecule has 2 aliphatic heterocycles. The van der Waals surface area contributed by atoms with Crippen LogP contribution in [0.5, 0.6) is 0 Å². The zero-order valence-corrected chi connectivity index (χ0v) is 19.4. The van der Waals surface area contributed by atoms with E-state index < -0.39 is 0 Å². The topological polar surface area (TPSA) is 55.9 Å². The summed E-state index contributed by atoms with van der Waals surface area (Å²) in [4.78, 5) is 31.5. The number of piperazine rings is 1. The monoisotopic (exact) mass is 434 g/mol. The van der Waals surface area contributed by atoms with E-state index in [0.29, 0.717) is 6.54 Å². The van der Waals surface area contributed by atoms with Crippen molar-refractivity contribution < 1.29 is 9.59 Å². The molecule has 0 saturated carbocycles. The van der Waals surface area contributed by atoms with E-state index in [-0.39, 0.29) is 17.9 Å². The van der Waals surface area contributed by atoms with Gasteiger partial charge in [0.2, 0.25) is 0 Å². The molecular weight excluding hydrogens is 400 g/mol. The van der Waals surface area contributed by atoms with Crippen molar-refractivity contribution in [2.24, 2.45) is 0 Å². The number of likely N-dealkylation sites (tertiary alicyclic amines) is 1. The largest absolute Gasteiger partial charge is 0.368 e. The Bertz CT molecular complexity index is 982. The Morgan fingerprint density at radius 1 is 0.938 bits per heavy atom. The lowest BCUT2D eigenvalue weighted by atomic mass is 9.89. The molecule has 0 aliphatic carbocycles. The highest BCUT2D eigenvalue weighted by atomic mass is 16.2. The molecule has 2 fully saturated rings. The van der Waals surface area contributed by atoms with E-state index in [9.17, 15) is 9.59 Å². The van der Waals surface area contributed by atoms with Crippen LogP contribution in [0.1, 0.15) is 45.8 Å². The zero-order valence-electron chi connectivity index (χ0n) is 19.4. The smallest absolute Gasteiger partial charge is 0.317 e. The van der Waals surface area contributed by atoms with Crippen molar-refractivity contribution in [3.8, 4) is 0 Å². The van der Waals surface area contributed by atoms with E-state index in [0.717, 1.165) is 56.7 Å². The minimum atomic E-state index is -0.0244. The summed E-state index contributed by atoms with van der Waals surface area (Å²) in [5, 5.41) is 2.72. The average molecular weight is 435 g/mol. The fraction of sp³-hybridized carbons (Fsp3) is 0.462. The van der Waals surface area contributed by atoms with Crippen LogP contribution in [0.2, 0.25) is 0 Å². The quantitative estimate of drug-likeness (QED) is 0.800. The number of carbonyl (C=O) groups is 2. The van der Waals surface area contributed by atoms with Crippen molar-refractivity contribution in [2.45, 2.75) is 32.6 Å². The van der Waals surface area contributed by atoms with Gasteiger partial charge >= 0.3 is 6.03 Å². The van der Waals surface area contributed by atoms with Crippen LogP contribution in [0.4, 0.5) is 10.5 Å². The van der Waals surface area contributed by atoms with Crippen LogP contribution in [-0.2, 0) is 0 Å². The first-order chi connectivity index (χ1) is 15.5. The van der Waals surface area contributed by atoms with E-state index in [1.165, 1.54) is 16.8 Å². The Morgan fingerprint density at radius 3 is 2.47 bits per heavy atom. The molecule has 32 heavy (non-hydrogen) atoms. The molecular formula is C26H34N4O2. The van der Waals surface area contributed by atoms with Gasteiger partial charge in [0.25, 0.3) is 5.91 Å². The summed E-state index contributed by atoms with van der Waals surface area (Å²) in [5.74, 6) is 0.376. The second-order valence-electron chi connectivity index (χ2n) is 9.03. The predicted octanol–water partition coefficient (Wildman–Crippen LogP) is 3.78. The minimum absolute atomic E-state index is 0.0244. The Balaban J connectivity index is 1.41. The lowest BCUT2D eigenvalue weighted by molar-refractivity contribution is 0.0746. The second kappa shape index (κ2) is 9.63. The van der Waals surface area contributed by atoms with Crippen LogP contribution in [0.15, 0.2) is 42.5 Å². The van der Waals surface area contributed by atoms with Crippen molar-refractivity contribution >= 4 is 17.6 Å². The third-order valence-corrected chi connectivity index (χ3v) is 6.80. The van der Waals surface area contributed by atoms with Crippen LogP contribution in [0.25, 0.3) is 0 Å². The van der Waals surface area contributed by atoms with E-state index >= 15 is 0 Å². The van der Waals surface area contributed by atoms with E-state index in [1.54, 1.807) is 7.05 Å². The van der Waals surface area contributed by atoms with Crippen molar-refractivity contribution in [1.82, 2.24) is 15.1 Å². The number of nitrogens with one attached hydrogen (secondary N) is 1. The van der Waals surface area contributed by atoms with Crippen LogP contribution >= 0.6 is 0 Å². The standard InChI is InChI=1S/C26H34N4O2/c1-19-9-10-20(2)24(16-19)28-12-14-29(15-13-28)25(31)22-7-4-6-21(17-22)23-8-5-11-30(18-23)26(32)27-3/h4,6-7,9-10,16-17,23H,5,8,11-15,18H2,1-3H3,(H,27,32). The maximum Gasteiger partial charge on any atom is 0.317 e. The summed E-state index contributed by atoms with van der Waals surface area (Å²) >= 11 is 0. The molecule has 0 bridgehead atoms. The maximum absolute atomic E-state index is 13.3. The molecule has 0 aromatic heterocycles. The first kappa shape index (κ1) is 22.2. The van der Waals surface area contributed by atoms with Gasteiger partial charge in [0, 0.05) is 63.5 Å². The highest BCUT2D eigenvalue weighted by Crippen LogP contribution is 2.28. The predicted molar refractivity (Wildman–Crippen MR) is 128 cm³/mol. The first-order valence-electron chi connectivity index (χ1n) is 11.6. The Kier molecular flexibility index (Phi) is 6.68. The fourth-order valence-electron chi connectivity index (χ4n) is 4.91. The van der Waals surface area contributed by atoms with Gasteiger partial charge in [0.1, 0.15) is 0 Å². The summed E-state index contributed by atoms with van der Waals surface area (Å²) < 4.78 is 0. The lowest BCUT2D eigenvalue weighted by Gasteiger charge is -2.37. The number of piperidine rings is 1. The molecule has 6 nitrogen and oxygen atoms in total. The molecule has 2 aromatic rings. The van der Waals surface area contributed by atoms with Gasteiger partial charge in [-0.2, -0.15) is 0 Å². The molecule has 170 valence electrons. The van der Waals surface area contributed by atoms with Gasteiger partial charge < -0.3 is 20.0 Å². The molecule has 2 heterocycles. The number of rotatable bonds is 3. The molecule has 1 unspecified atom stereocenters. The highest BCUT2D eigenvalue weighted by Gasteiger charge is 2.26. The van der Waals surface area contributed by atoms with E-state index in [2.05, 4.69) is 48.3 Å². The summed E-state index contributed by atoms with van der Waals surface area (Å²) in [6.07, 6.45) is 2.02. The van der Waals surface area contributed by atoms with Crippen molar-refractivity contribution in [3.63, 3.8) is 0 Å². The number of nitrogens with zero attached hydrogens (tertiary/aromatic N) is 3. The van der Waals surface area contributed by atoms with Crippen LogP contribution < -0.4 is 10.2 Å². The van der Waals surface area contributed by atoms with Crippen molar-refractivity contribution in [3.05, 3.63) is 64.7 Å². The molecule has 1 atom stereocenters. The lowest BCUT2D eigenvalue weighted by Crippen LogP contribution is -2.49. The third-order valence-electron chi connectivity index (χ3n) is 6.80. The average Bonchev–Trinajstić information content (AvgIpc) is 2.85. The number of urea groups is 1. The summed E-state index contributed by atoms with van der Waals surface area (Å²) in [5.41, 5.74) is 5.72.